The molecule has 0 saturated carbocycles. The van der Waals surface area contributed by atoms with Crippen LogP contribution in [0.3, 0.4) is 0 Å². The summed E-state index contributed by atoms with van der Waals surface area (Å²) in [4.78, 5) is 4.39. The fourth-order valence-corrected chi connectivity index (χ4v) is 2.52. The summed E-state index contributed by atoms with van der Waals surface area (Å²) in [6.07, 6.45) is 2.98. The van der Waals surface area contributed by atoms with Crippen molar-refractivity contribution in [1.29, 1.82) is 0 Å². The smallest absolute Gasteiger partial charge is 0.261 e. The number of phenolic OH excluding ortho intramolecular Hbond substituents is 1. The van der Waals surface area contributed by atoms with Crippen LogP contribution in [0.2, 0.25) is 0 Å². The number of hydrogen-bond acceptors (Lipinski definition) is 6. The van der Waals surface area contributed by atoms with E-state index >= 15 is 0 Å². The number of aromatic nitrogens is 2. The van der Waals surface area contributed by atoms with Gasteiger partial charge in [-0.25, -0.2) is 0 Å². The number of phenols is 1. The number of ether oxygens (including phenoxy) is 2. The molecule has 6 heteroatoms. The molecule has 0 bridgehead atoms. The first-order chi connectivity index (χ1) is 10.1. The summed E-state index contributed by atoms with van der Waals surface area (Å²) in [5, 5.41) is 14.2. The van der Waals surface area contributed by atoms with Crippen molar-refractivity contribution < 1.29 is 19.1 Å². The Hall–Kier alpha value is -2.08. The molecule has 21 heavy (non-hydrogen) atoms. The Morgan fingerprint density at radius 2 is 2.19 bits per heavy atom. The molecule has 2 heterocycles. The van der Waals surface area contributed by atoms with Gasteiger partial charge in [-0.15, -0.1) is 0 Å². The fraction of sp³-hybridized carbons (Fsp3) is 0.467. The molecule has 0 spiro atoms. The second-order valence-corrected chi connectivity index (χ2v) is 5.32. The molecule has 6 nitrogen and oxygen atoms in total. The molecule has 1 aliphatic heterocycles. The van der Waals surface area contributed by atoms with E-state index in [0.717, 1.165) is 19.3 Å². The van der Waals surface area contributed by atoms with Crippen LogP contribution >= 0.6 is 0 Å². The Labute approximate surface area is 122 Å². The van der Waals surface area contributed by atoms with Crippen LogP contribution in [0.25, 0.3) is 11.5 Å². The Kier molecular flexibility index (Phi) is 3.55. The molecule has 0 aliphatic carbocycles. The van der Waals surface area contributed by atoms with E-state index < -0.39 is 5.60 Å². The van der Waals surface area contributed by atoms with Crippen molar-refractivity contribution >= 4 is 0 Å². The van der Waals surface area contributed by atoms with E-state index in [9.17, 15) is 5.11 Å². The van der Waals surface area contributed by atoms with Crippen molar-refractivity contribution in [2.75, 3.05) is 13.7 Å². The Morgan fingerprint density at radius 1 is 1.33 bits per heavy atom. The lowest BCUT2D eigenvalue weighted by Crippen LogP contribution is -2.31. The SMILES string of the molecule is COc1cccc(-c2nc(C3(C)CCCCO3)no2)c1O. The molecule has 0 amide bonds. The maximum absolute atomic E-state index is 10.1. The zero-order chi connectivity index (χ0) is 14.9. The van der Waals surface area contributed by atoms with Gasteiger partial charge in [-0.05, 0) is 38.3 Å². The van der Waals surface area contributed by atoms with Crippen molar-refractivity contribution in [3.63, 3.8) is 0 Å². The van der Waals surface area contributed by atoms with Gasteiger partial charge >= 0.3 is 0 Å². The molecular weight excluding hydrogens is 272 g/mol. The molecule has 1 unspecified atom stereocenters. The van der Waals surface area contributed by atoms with Crippen LogP contribution in [0, 0.1) is 0 Å². The molecule has 112 valence electrons. The monoisotopic (exact) mass is 290 g/mol. The van der Waals surface area contributed by atoms with Crippen LogP contribution in [0.15, 0.2) is 22.7 Å². The second kappa shape index (κ2) is 5.37. The average molecular weight is 290 g/mol. The third-order valence-electron chi connectivity index (χ3n) is 3.82. The number of methoxy groups -OCH3 is 1. The van der Waals surface area contributed by atoms with Crippen LogP contribution in [0.5, 0.6) is 11.5 Å². The van der Waals surface area contributed by atoms with Crippen LogP contribution in [0.1, 0.15) is 32.0 Å². The fourth-order valence-electron chi connectivity index (χ4n) is 2.52. The molecular formula is C15H18N2O4. The van der Waals surface area contributed by atoms with Gasteiger partial charge in [0.15, 0.2) is 11.5 Å². The minimum Gasteiger partial charge on any atom is -0.504 e. The Balaban J connectivity index is 1.95. The first-order valence-electron chi connectivity index (χ1n) is 6.98. The highest BCUT2D eigenvalue weighted by atomic mass is 16.5. The summed E-state index contributed by atoms with van der Waals surface area (Å²) < 4.78 is 16.2. The van der Waals surface area contributed by atoms with Crippen molar-refractivity contribution in [3.05, 3.63) is 24.0 Å². The van der Waals surface area contributed by atoms with E-state index in [-0.39, 0.29) is 11.6 Å². The zero-order valence-corrected chi connectivity index (χ0v) is 12.1. The largest absolute Gasteiger partial charge is 0.504 e. The molecule has 1 aliphatic rings. The van der Waals surface area contributed by atoms with Crippen LogP contribution in [-0.2, 0) is 10.3 Å². The van der Waals surface area contributed by atoms with Gasteiger partial charge in [-0.1, -0.05) is 11.2 Å². The minimum atomic E-state index is -0.519. The minimum absolute atomic E-state index is 0.00934. The lowest BCUT2D eigenvalue weighted by atomic mass is 9.95. The molecule has 1 atom stereocenters. The van der Waals surface area contributed by atoms with Gasteiger partial charge in [-0.2, -0.15) is 4.98 Å². The van der Waals surface area contributed by atoms with Crippen LogP contribution in [0.4, 0.5) is 0 Å². The Bertz CT molecular complexity index is 632. The van der Waals surface area contributed by atoms with E-state index in [4.69, 9.17) is 14.0 Å². The van der Waals surface area contributed by atoms with Crippen molar-refractivity contribution in [2.24, 2.45) is 0 Å². The highest BCUT2D eigenvalue weighted by Gasteiger charge is 2.35. The van der Waals surface area contributed by atoms with Gasteiger partial charge < -0.3 is 19.1 Å². The third-order valence-corrected chi connectivity index (χ3v) is 3.82. The summed E-state index contributed by atoms with van der Waals surface area (Å²) in [6.45, 7) is 2.66. The van der Waals surface area contributed by atoms with Gasteiger partial charge in [-0.3, -0.25) is 0 Å². The lowest BCUT2D eigenvalue weighted by Gasteiger charge is -2.30. The summed E-state index contributed by atoms with van der Waals surface area (Å²) in [6, 6.07) is 5.14. The maximum Gasteiger partial charge on any atom is 0.261 e. The van der Waals surface area contributed by atoms with Gasteiger partial charge in [0.05, 0.1) is 12.7 Å². The predicted molar refractivity (Wildman–Crippen MR) is 75.1 cm³/mol. The van der Waals surface area contributed by atoms with Crippen molar-refractivity contribution in [3.8, 4) is 23.0 Å². The number of para-hydroxylation sites is 1. The summed E-state index contributed by atoms with van der Waals surface area (Å²) in [5.41, 5.74) is -0.0680. The number of aromatic hydroxyl groups is 1. The summed E-state index contributed by atoms with van der Waals surface area (Å²) in [7, 11) is 1.50. The molecule has 1 aromatic heterocycles. The lowest BCUT2D eigenvalue weighted by molar-refractivity contribution is -0.0770. The van der Waals surface area contributed by atoms with Crippen molar-refractivity contribution in [1.82, 2.24) is 10.1 Å². The zero-order valence-electron chi connectivity index (χ0n) is 12.1. The summed E-state index contributed by atoms with van der Waals surface area (Å²) in [5.74, 6) is 1.13. The predicted octanol–water partition coefficient (Wildman–Crippen LogP) is 2.87. The molecule has 2 aromatic rings. The quantitative estimate of drug-likeness (QED) is 0.936. The van der Waals surface area contributed by atoms with Crippen LogP contribution in [-0.4, -0.2) is 29.0 Å². The van der Waals surface area contributed by atoms with Gasteiger partial charge in [0.2, 0.25) is 5.82 Å². The molecule has 1 saturated heterocycles. The maximum atomic E-state index is 10.1. The van der Waals surface area contributed by atoms with E-state index in [1.807, 2.05) is 6.92 Å². The van der Waals surface area contributed by atoms with E-state index in [1.54, 1.807) is 18.2 Å². The molecule has 1 N–H and O–H groups in total. The topological polar surface area (TPSA) is 77.6 Å². The highest BCUT2D eigenvalue weighted by Crippen LogP contribution is 2.38. The number of nitrogens with zero attached hydrogens (tertiary/aromatic N) is 2. The Morgan fingerprint density at radius 3 is 2.90 bits per heavy atom. The van der Waals surface area contributed by atoms with Gasteiger partial charge in [0.1, 0.15) is 5.60 Å². The number of rotatable bonds is 3. The van der Waals surface area contributed by atoms with Gasteiger partial charge in [0, 0.05) is 6.61 Å². The van der Waals surface area contributed by atoms with Crippen molar-refractivity contribution in [2.45, 2.75) is 31.8 Å². The van der Waals surface area contributed by atoms with E-state index in [0.29, 0.717) is 23.7 Å². The second-order valence-electron chi connectivity index (χ2n) is 5.32. The number of benzene rings is 1. The van der Waals surface area contributed by atoms with E-state index in [2.05, 4.69) is 10.1 Å². The molecule has 1 fully saturated rings. The normalized spacial score (nSPS) is 22.2. The average Bonchev–Trinajstić information content (AvgIpc) is 2.99. The summed E-state index contributed by atoms with van der Waals surface area (Å²) >= 11 is 0. The first-order valence-corrected chi connectivity index (χ1v) is 6.98. The van der Waals surface area contributed by atoms with E-state index in [1.165, 1.54) is 7.11 Å². The van der Waals surface area contributed by atoms with Crippen LogP contribution < -0.4 is 4.74 Å². The molecule has 0 radical (unpaired) electrons. The standard InChI is InChI=1S/C15H18N2O4/c1-15(8-3-4-9-20-15)14-16-13(21-17-14)10-6-5-7-11(19-2)12(10)18/h5-7,18H,3-4,8-9H2,1-2H3. The third kappa shape index (κ3) is 2.47. The number of hydrogen-bond donors (Lipinski definition) is 1. The molecule has 1 aromatic carbocycles. The van der Waals surface area contributed by atoms with Gasteiger partial charge in [0.25, 0.3) is 5.89 Å². The highest BCUT2D eigenvalue weighted by molar-refractivity contribution is 5.66. The molecule has 3 rings (SSSR count). The first kappa shape index (κ1) is 13.9.